The zero-order valence-electron chi connectivity index (χ0n) is 12.4. The van der Waals surface area contributed by atoms with E-state index in [4.69, 9.17) is 9.26 Å². The van der Waals surface area contributed by atoms with Crippen molar-refractivity contribution in [2.75, 3.05) is 25.4 Å². The van der Waals surface area contributed by atoms with Crippen LogP contribution in [0.1, 0.15) is 37.9 Å². The van der Waals surface area contributed by atoms with Crippen molar-refractivity contribution in [3.05, 3.63) is 11.7 Å². The maximum atomic E-state index is 12.4. The third-order valence-corrected chi connectivity index (χ3v) is 6.41. The van der Waals surface area contributed by atoms with Crippen LogP contribution in [0.25, 0.3) is 0 Å². The Morgan fingerprint density at radius 2 is 2.29 bits per heavy atom. The fraction of sp³-hybridized carbons (Fsp3) is 0.846. The fourth-order valence-corrected chi connectivity index (χ4v) is 4.92. The van der Waals surface area contributed by atoms with Gasteiger partial charge in [-0.3, -0.25) is 0 Å². The quantitative estimate of drug-likeness (QED) is 0.819. The van der Waals surface area contributed by atoms with Gasteiger partial charge in [-0.1, -0.05) is 12.1 Å². The number of hydrogen-bond acceptors (Lipinski definition) is 6. The van der Waals surface area contributed by atoms with Crippen molar-refractivity contribution in [1.82, 2.24) is 14.4 Å². The fourth-order valence-electron chi connectivity index (χ4n) is 3.34. The van der Waals surface area contributed by atoms with Crippen molar-refractivity contribution in [2.24, 2.45) is 0 Å². The van der Waals surface area contributed by atoms with Gasteiger partial charge in [-0.05, 0) is 26.2 Å². The lowest BCUT2D eigenvalue weighted by molar-refractivity contribution is 0.0276. The van der Waals surface area contributed by atoms with Crippen LogP contribution in [0, 0.1) is 6.92 Å². The number of aryl methyl sites for hydroxylation is 1. The lowest BCUT2D eigenvalue weighted by Gasteiger charge is -2.40. The molecule has 3 heterocycles. The molecule has 0 saturated carbocycles. The van der Waals surface area contributed by atoms with Crippen LogP contribution in [0.3, 0.4) is 0 Å². The number of rotatable bonds is 4. The highest BCUT2D eigenvalue weighted by Gasteiger charge is 2.54. The summed E-state index contributed by atoms with van der Waals surface area (Å²) in [5, 5.41) is 3.86. The Balaban J connectivity index is 1.93. The molecule has 0 aliphatic carbocycles. The van der Waals surface area contributed by atoms with Crippen LogP contribution in [0.4, 0.5) is 0 Å². The van der Waals surface area contributed by atoms with Crippen LogP contribution >= 0.6 is 0 Å². The number of hydrogen-bond donors (Lipinski definition) is 0. The van der Waals surface area contributed by atoms with Crippen molar-refractivity contribution in [3.63, 3.8) is 0 Å². The third kappa shape index (κ3) is 2.49. The summed E-state index contributed by atoms with van der Waals surface area (Å²) in [5.41, 5.74) is -0.486. The average molecular weight is 315 g/mol. The summed E-state index contributed by atoms with van der Waals surface area (Å²) in [6.45, 7) is 5.13. The monoisotopic (exact) mass is 315 g/mol. The molecule has 2 fully saturated rings. The Bertz CT molecular complexity index is 615. The van der Waals surface area contributed by atoms with E-state index in [1.54, 1.807) is 11.2 Å². The molecule has 1 aromatic rings. The molecule has 2 saturated heterocycles. The summed E-state index contributed by atoms with van der Waals surface area (Å²) in [6.07, 6.45) is 1.97. The second kappa shape index (κ2) is 5.33. The highest BCUT2D eigenvalue weighted by molar-refractivity contribution is 7.89. The third-order valence-electron chi connectivity index (χ3n) is 4.39. The van der Waals surface area contributed by atoms with E-state index in [-0.39, 0.29) is 11.9 Å². The predicted octanol–water partition coefficient (Wildman–Crippen LogP) is 0.850. The number of sulfonamides is 1. The minimum Gasteiger partial charge on any atom is -0.377 e. The summed E-state index contributed by atoms with van der Waals surface area (Å²) < 4.78 is 37.5. The Labute approximate surface area is 124 Å². The molecule has 0 amide bonds. The molecule has 0 bridgehead atoms. The first-order valence-corrected chi connectivity index (χ1v) is 8.99. The van der Waals surface area contributed by atoms with E-state index in [0.717, 1.165) is 6.42 Å². The highest BCUT2D eigenvalue weighted by atomic mass is 32.2. The molecule has 0 unspecified atom stereocenters. The standard InChI is InChI=1S/C13H21N3O4S/c1-3-8-21(17,18)16-6-4-11-13(9-16,5-7-19-11)12-14-10(2)15-20-12/h11H,3-9H2,1-2H3/t11-,13-/m1/s1. The highest BCUT2D eigenvalue weighted by Crippen LogP contribution is 2.43. The average Bonchev–Trinajstić information content (AvgIpc) is 3.04. The van der Waals surface area contributed by atoms with E-state index < -0.39 is 15.4 Å². The normalized spacial score (nSPS) is 30.5. The van der Waals surface area contributed by atoms with Crippen molar-refractivity contribution in [3.8, 4) is 0 Å². The SMILES string of the molecule is CCCS(=O)(=O)N1CC[C@H]2OCC[C@@]2(c2nc(C)no2)C1. The van der Waals surface area contributed by atoms with Gasteiger partial charge in [-0.15, -0.1) is 0 Å². The summed E-state index contributed by atoms with van der Waals surface area (Å²) in [4.78, 5) is 4.35. The number of piperidine rings is 1. The summed E-state index contributed by atoms with van der Waals surface area (Å²) in [5.74, 6) is 1.26. The summed E-state index contributed by atoms with van der Waals surface area (Å²) in [7, 11) is -3.22. The van der Waals surface area contributed by atoms with Crippen LogP contribution in [-0.2, 0) is 20.2 Å². The topological polar surface area (TPSA) is 85.5 Å². The van der Waals surface area contributed by atoms with E-state index in [0.29, 0.717) is 44.3 Å². The molecule has 0 spiro atoms. The smallest absolute Gasteiger partial charge is 0.236 e. The van der Waals surface area contributed by atoms with E-state index in [1.165, 1.54) is 0 Å². The second-order valence-corrected chi connectivity index (χ2v) is 7.94. The molecule has 0 N–H and O–H groups in total. The molecule has 0 radical (unpaired) electrons. The van der Waals surface area contributed by atoms with Crippen molar-refractivity contribution in [1.29, 1.82) is 0 Å². The first-order valence-electron chi connectivity index (χ1n) is 7.38. The van der Waals surface area contributed by atoms with Gasteiger partial charge in [-0.2, -0.15) is 4.98 Å². The van der Waals surface area contributed by atoms with Crippen LogP contribution < -0.4 is 0 Å². The predicted molar refractivity (Wildman–Crippen MR) is 75.3 cm³/mol. The molecular formula is C13H21N3O4S. The molecule has 3 rings (SSSR count). The van der Waals surface area contributed by atoms with Crippen LogP contribution in [0.5, 0.6) is 0 Å². The first-order chi connectivity index (χ1) is 9.98. The maximum Gasteiger partial charge on any atom is 0.236 e. The van der Waals surface area contributed by atoms with E-state index in [9.17, 15) is 8.42 Å². The first kappa shape index (κ1) is 14.9. The van der Waals surface area contributed by atoms with Gasteiger partial charge in [0.05, 0.1) is 17.3 Å². The Morgan fingerprint density at radius 3 is 2.95 bits per heavy atom. The minimum atomic E-state index is -3.22. The lowest BCUT2D eigenvalue weighted by atomic mass is 9.77. The van der Waals surface area contributed by atoms with Crippen LogP contribution in [-0.4, -0.2) is 54.4 Å². The molecule has 0 aromatic carbocycles. The van der Waals surface area contributed by atoms with Gasteiger partial charge >= 0.3 is 0 Å². The van der Waals surface area contributed by atoms with Crippen LogP contribution in [0.2, 0.25) is 0 Å². The Hall–Kier alpha value is -0.990. The Morgan fingerprint density at radius 1 is 1.48 bits per heavy atom. The molecule has 2 aliphatic heterocycles. The molecule has 118 valence electrons. The molecule has 21 heavy (non-hydrogen) atoms. The molecular weight excluding hydrogens is 294 g/mol. The van der Waals surface area contributed by atoms with Crippen LogP contribution in [0.15, 0.2) is 4.52 Å². The number of fused-ring (bicyclic) bond motifs is 1. The lowest BCUT2D eigenvalue weighted by Crippen LogP contribution is -2.54. The van der Waals surface area contributed by atoms with E-state index >= 15 is 0 Å². The number of ether oxygens (including phenoxy) is 1. The van der Waals surface area contributed by atoms with Gasteiger partial charge in [0, 0.05) is 19.7 Å². The maximum absolute atomic E-state index is 12.4. The molecule has 2 atom stereocenters. The number of aromatic nitrogens is 2. The Kier molecular flexibility index (Phi) is 3.79. The zero-order valence-corrected chi connectivity index (χ0v) is 13.2. The van der Waals surface area contributed by atoms with Gasteiger partial charge in [0.1, 0.15) is 0 Å². The largest absolute Gasteiger partial charge is 0.377 e. The zero-order chi connectivity index (χ0) is 15.1. The molecule has 2 aliphatic rings. The molecule has 1 aromatic heterocycles. The van der Waals surface area contributed by atoms with E-state index in [2.05, 4.69) is 10.1 Å². The summed E-state index contributed by atoms with van der Waals surface area (Å²) >= 11 is 0. The molecule has 7 nitrogen and oxygen atoms in total. The molecule has 8 heteroatoms. The van der Waals surface area contributed by atoms with Gasteiger partial charge < -0.3 is 9.26 Å². The van der Waals surface area contributed by atoms with Gasteiger partial charge in [0.15, 0.2) is 5.82 Å². The second-order valence-electron chi connectivity index (χ2n) is 5.85. The van der Waals surface area contributed by atoms with Gasteiger partial charge in [0.2, 0.25) is 15.9 Å². The van der Waals surface area contributed by atoms with Crippen molar-refractivity contribution < 1.29 is 17.7 Å². The van der Waals surface area contributed by atoms with Crippen molar-refractivity contribution >= 4 is 10.0 Å². The van der Waals surface area contributed by atoms with Gasteiger partial charge in [0.25, 0.3) is 0 Å². The number of nitrogens with zero attached hydrogens (tertiary/aromatic N) is 3. The van der Waals surface area contributed by atoms with E-state index in [1.807, 2.05) is 6.92 Å². The summed E-state index contributed by atoms with van der Waals surface area (Å²) in [6, 6.07) is 0. The van der Waals surface area contributed by atoms with Gasteiger partial charge in [-0.25, -0.2) is 12.7 Å². The minimum absolute atomic E-state index is 0.0366. The van der Waals surface area contributed by atoms with Crippen molar-refractivity contribution in [2.45, 2.75) is 44.6 Å².